The second kappa shape index (κ2) is 8.33. The molecule has 2 amide bonds. The molecule has 7 heteroatoms. The van der Waals surface area contributed by atoms with Crippen LogP contribution in [0.4, 0.5) is 4.79 Å². The van der Waals surface area contributed by atoms with Gasteiger partial charge in [-0.05, 0) is 57.2 Å². The Morgan fingerprint density at radius 3 is 2.63 bits per heavy atom. The SMILES string of the molecule is CCOC(=O)C1=C(C)NC(=O)NC1c1ccc(OC)c(OC2CCCC2)c1. The third-order valence-electron chi connectivity index (χ3n) is 4.88. The van der Waals surface area contributed by atoms with Crippen LogP contribution in [0.15, 0.2) is 29.5 Å². The number of carbonyl (C=O) groups excluding carboxylic acids is 2. The van der Waals surface area contributed by atoms with Gasteiger partial charge in [0.05, 0.1) is 31.4 Å². The Bertz CT molecular complexity index is 753. The lowest BCUT2D eigenvalue weighted by Crippen LogP contribution is -2.45. The van der Waals surface area contributed by atoms with Gasteiger partial charge < -0.3 is 24.8 Å². The van der Waals surface area contributed by atoms with Gasteiger partial charge in [-0.3, -0.25) is 0 Å². The number of benzene rings is 1. The van der Waals surface area contributed by atoms with Crippen molar-refractivity contribution >= 4 is 12.0 Å². The van der Waals surface area contributed by atoms with Crippen molar-refractivity contribution < 1.29 is 23.8 Å². The summed E-state index contributed by atoms with van der Waals surface area (Å²) in [6.07, 6.45) is 4.52. The molecule has 0 spiro atoms. The van der Waals surface area contributed by atoms with Gasteiger partial charge in [0.25, 0.3) is 0 Å². The summed E-state index contributed by atoms with van der Waals surface area (Å²) in [5.41, 5.74) is 1.60. The van der Waals surface area contributed by atoms with Crippen molar-refractivity contribution in [2.45, 2.75) is 51.7 Å². The number of hydrogen-bond donors (Lipinski definition) is 2. The number of amides is 2. The zero-order valence-corrected chi connectivity index (χ0v) is 16.0. The maximum Gasteiger partial charge on any atom is 0.338 e. The molecule has 1 heterocycles. The number of carbonyl (C=O) groups is 2. The second-order valence-corrected chi connectivity index (χ2v) is 6.73. The molecule has 146 valence electrons. The number of rotatable bonds is 6. The van der Waals surface area contributed by atoms with E-state index in [2.05, 4.69) is 10.6 Å². The topological polar surface area (TPSA) is 85.9 Å². The lowest BCUT2D eigenvalue weighted by atomic mass is 9.95. The summed E-state index contributed by atoms with van der Waals surface area (Å²) >= 11 is 0. The van der Waals surface area contributed by atoms with E-state index in [0.717, 1.165) is 31.2 Å². The summed E-state index contributed by atoms with van der Waals surface area (Å²) in [4.78, 5) is 24.5. The molecule has 1 aromatic carbocycles. The van der Waals surface area contributed by atoms with Gasteiger partial charge in [0, 0.05) is 5.70 Å². The second-order valence-electron chi connectivity index (χ2n) is 6.73. The molecule has 2 N–H and O–H groups in total. The first kappa shape index (κ1) is 19.1. The molecule has 7 nitrogen and oxygen atoms in total. The van der Waals surface area contributed by atoms with Crippen molar-refractivity contribution in [1.29, 1.82) is 0 Å². The summed E-state index contributed by atoms with van der Waals surface area (Å²) in [6.45, 7) is 3.70. The summed E-state index contributed by atoms with van der Waals surface area (Å²) in [5, 5.41) is 5.44. The molecule has 2 aliphatic rings. The largest absolute Gasteiger partial charge is 0.493 e. The summed E-state index contributed by atoms with van der Waals surface area (Å²) in [5.74, 6) is 0.793. The molecule has 0 aromatic heterocycles. The molecular weight excluding hydrogens is 348 g/mol. The van der Waals surface area contributed by atoms with Gasteiger partial charge in [-0.1, -0.05) is 6.07 Å². The molecule has 1 aliphatic carbocycles. The zero-order valence-electron chi connectivity index (χ0n) is 16.0. The number of nitrogens with one attached hydrogen (secondary N) is 2. The highest BCUT2D eigenvalue weighted by atomic mass is 16.5. The minimum Gasteiger partial charge on any atom is -0.493 e. The number of esters is 1. The molecule has 0 radical (unpaired) electrons. The Hall–Kier alpha value is -2.70. The minimum atomic E-state index is -0.616. The quantitative estimate of drug-likeness (QED) is 0.747. The first-order chi connectivity index (χ1) is 13.0. The van der Waals surface area contributed by atoms with Crippen LogP contribution in [0.5, 0.6) is 11.5 Å². The highest BCUT2D eigenvalue weighted by Crippen LogP contribution is 2.36. The summed E-state index contributed by atoms with van der Waals surface area (Å²) < 4.78 is 16.7. The fourth-order valence-electron chi connectivity index (χ4n) is 3.57. The van der Waals surface area contributed by atoms with E-state index in [4.69, 9.17) is 14.2 Å². The Kier molecular flexibility index (Phi) is 5.88. The van der Waals surface area contributed by atoms with Gasteiger partial charge in [0.2, 0.25) is 0 Å². The average molecular weight is 374 g/mol. The zero-order chi connectivity index (χ0) is 19.4. The Balaban J connectivity index is 1.95. The monoisotopic (exact) mass is 374 g/mol. The fourth-order valence-corrected chi connectivity index (χ4v) is 3.57. The standard InChI is InChI=1S/C20H26N2O5/c1-4-26-19(23)17-12(2)21-20(24)22-18(17)13-9-10-15(25-3)16(11-13)27-14-7-5-6-8-14/h9-11,14,18H,4-8H2,1-3H3,(H2,21,22,24). The van der Waals surface area contributed by atoms with E-state index < -0.39 is 12.0 Å². The third-order valence-corrected chi connectivity index (χ3v) is 4.88. The fraction of sp³-hybridized carbons (Fsp3) is 0.500. The minimum absolute atomic E-state index is 0.165. The third kappa shape index (κ3) is 4.18. The molecule has 1 aromatic rings. The van der Waals surface area contributed by atoms with Crippen LogP contribution in [-0.4, -0.2) is 31.8 Å². The van der Waals surface area contributed by atoms with Crippen molar-refractivity contribution in [3.63, 3.8) is 0 Å². The lowest BCUT2D eigenvalue weighted by molar-refractivity contribution is -0.139. The van der Waals surface area contributed by atoms with Crippen LogP contribution >= 0.6 is 0 Å². The molecule has 1 aliphatic heterocycles. The normalized spacial score (nSPS) is 20.1. The maximum atomic E-state index is 12.5. The van der Waals surface area contributed by atoms with E-state index >= 15 is 0 Å². The van der Waals surface area contributed by atoms with E-state index in [0.29, 0.717) is 22.8 Å². The van der Waals surface area contributed by atoms with Crippen molar-refractivity contribution in [1.82, 2.24) is 10.6 Å². The number of hydrogen-bond acceptors (Lipinski definition) is 5. The van der Waals surface area contributed by atoms with Crippen molar-refractivity contribution in [3.8, 4) is 11.5 Å². The molecule has 27 heavy (non-hydrogen) atoms. The van der Waals surface area contributed by atoms with Gasteiger partial charge in [-0.15, -0.1) is 0 Å². The Morgan fingerprint density at radius 2 is 1.96 bits per heavy atom. The first-order valence-corrected chi connectivity index (χ1v) is 9.33. The van der Waals surface area contributed by atoms with Gasteiger partial charge in [-0.25, -0.2) is 9.59 Å². The maximum absolute atomic E-state index is 12.5. The van der Waals surface area contributed by atoms with Crippen LogP contribution in [0.25, 0.3) is 0 Å². The Morgan fingerprint density at radius 1 is 1.22 bits per heavy atom. The highest BCUT2D eigenvalue weighted by Gasteiger charge is 2.33. The molecular formula is C20H26N2O5. The lowest BCUT2D eigenvalue weighted by Gasteiger charge is -2.28. The number of urea groups is 1. The van der Waals surface area contributed by atoms with Crippen molar-refractivity contribution in [2.24, 2.45) is 0 Å². The van der Waals surface area contributed by atoms with Crippen molar-refractivity contribution in [2.75, 3.05) is 13.7 Å². The number of ether oxygens (including phenoxy) is 3. The summed E-state index contributed by atoms with van der Waals surface area (Å²) in [7, 11) is 1.59. The predicted octanol–water partition coefficient (Wildman–Crippen LogP) is 3.21. The molecule has 1 saturated carbocycles. The van der Waals surface area contributed by atoms with Crippen LogP contribution < -0.4 is 20.1 Å². The summed E-state index contributed by atoms with van der Waals surface area (Å²) in [6, 6.07) is 4.48. The smallest absolute Gasteiger partial charge is 0.338 e. The molecule has 1 unspecified atom stereocenters. The average Bonchev–Trinajstić information content (AvgIpc) is 3.14. The van der Waals surface area contributed by atoms with Gasteiger partial charge >= 0.3 is 12.0 Å². The van der Waals surface area contributed by atoms with Crippen LogP contribution in [0, 0.1) is 0 Å². The molecule has 1 fully saturated rings. The van der Waals surface area contributed by atoms with Crippen LogP contribution in [0.2, 0.25) is 0 Å². The van der Waals surface area contributed by atoms with Crippen LogP contribution in [0.3, 0.4) is 0 Å². The first-order valence-electron chi connectivity index (χ1n) is 9.33. The van der Waals surface area contributed by atoms with E-state index in [1.54, 1.807) is 27.0 Å². The van der Waals surface area contributed by atoms with E-state index in [9.17, 15) is 9.59 Å². The van der Waals surface area contributed by atoms with Gasteiger partial charge in [0.1, 0.15) is 0 Å². The molecule has 3 rings (SSSR count). The number of methoxy groups -OCH3 is 1. The molecule has 0 saturated heterocycles. The van der Waals surface area contributed by atoms with Crippen molar-refractivity contribution in [3.05, 3.63) is 35.0 Å². The van der Waals surface area contributed by atoms with E-state index in [1.165, 1.54) is 0 Å². The highest BCUT2D eigenvalue weighted by molar-refractivity contribution is 5.95. The predicted molar refractivity (Wildman–Crippen MR) is 99.6 cm³/mol. The Labute approximate surface area is 159 Å². The van der Waals surface area contributed by atoms with Crippen LogP contribution in [0.1, 0.15) is 51.1 Å². The van der Waals surface area contributed by atoms with Gasteiger partial charge in [-0.2, -0.15) is 0 Å². The number of allylic oxidation sites excluding steroid dienone is 1. The van der Waals surface area contributed by atoms with E-state index in [-0.39, 0.29) is 18.7 Å². The van der Waals surface area contributed by atoms with Gasteiger partial charge in [0.15, 0.2) is 11.5 Å². The van der Waals surface area contributed by atoms with Crippen LogP contribution in [-0.2, 0) is 9.53 Å². The molecule has 0 bridgehead atoms. The van der Waals surface area contributed by atoms with E-state index in [1.807, 2.05) is 12.1 Å². The molecule has 1 atom stereocenters.